The summed E-state index contributed by atoms with van der Waals surface area (Å²) in [6, 6.07) is 6.55. The van der Waals surface area contributed by atoms with Crippen molar-refractivity contribution in [2.24, 2.45) is 5.73 Å². The lowest BCUT2D eigenvalue weighted by molar-refractivity contribution is 0.441. The minimum absolute atomic E-state index is 0.240. The molecule has 0 amide bonds. The standard InChI is InChI=1S/C16H21ClFN3/c1-4-21-14(15(17)11(2)20-21)10-16(3,19)9-12-6-5-7-13(18)8-12/h5-8H,4,9-10,19H2,1-3H3. The summed E-state index contributed by atoms with van der Waals surface area (Å²) in [6.45, 7) is 6.61. The Bertz CT molecular complexity index is 634. The summed E-state index contributed by atoms with van der Waals surface area (Å²) in [5, 5.41) is 5.08. The van der Waals surface area contributed by atoms with Gasteiger partial charge in [-0.2, -0.15) is 5.10 Å². The van der Waals surface area contributed by atoms with Gasteiger partial charge in [0.15, 0.2) is 0 Å². The summed E-state index contributed by atoms with van der Waals surface area (Å²) in [7, 11) is 0. The minimum atomic E-state index is -0.517. The second kappa shape index (κ2) is 6.16. The number of nitrogens with two attached hydrogens (primary N) is 1. The number of aromatic nitrogens is 2. The molecule has 1 heterocycles. The van der Waals surface area contributed by atoms with Crippen LogP contribution in [0.3, 0.4) is 0 Å². The zero-order valence-corrected chi connectivity index (χ0v) is 13.4. The van der Waals surface area contributed by atoms with Crippen LogP contribution in [-0.4, -0.2) is 15.3 Å². The van der Waals surface area contributed by atoms with Crippen molar-refractivity contribution in [2.45, 2.75) is 45.7 Å². The smallest absolute Gasteiger partial charge is 0.123 e. The van der Waals surface area contributed by atoms with E-state index in [9.17, 15) is 4.39 Å². The van der Waals surface area contributed by atoms with E-state index in [2.05, 4.69) is 5.10 Å². The zero-order valence-electron chi connectivity index (χ0n) is 12.7. The van der Waals surface area contributed by atoms with Crippen molar-refractivity contribution in [3.8, 4) is 0 Å². The van der Waals surface area contributed by atoms with Crippen LogP contribution in [0.15, 0.2) is 24.3 Å². The van der Waals surface area contributed by atoms with E-state index in [4.69, 9.17) is 17.3 Å². The number of benzene rings is 1. The minimum Gasteiger partial charge on any atom is -0.325 e. The molecule has 0 spiro atoms. The Hall–Kier alpha value is -1.39. The Kier molecular flexibility index (Phi) is 4.69. The molecule has 0 aliphatic carbocycles. The molecule has 0 saturated carbocycles. The average Bonchev–Trinajstić information content (AvgIpc) is 2.65. The Labute approximate surface area is 129 Å². The van der Waals surface area contributed by atoms with Gasteiger partial charge in [0.25, 0.3) is 0 Å². The van der Waals surface area contributed by atoms with Gasteiger partial charge >= 0.3 is 0 Å². The van der Waals surface area contributed by atoms with Crippen LogP contribution in [-0.2, 0) is 19.4 Å². The molecule has 0 aliphatic rings. The molecule has 2 rings (SSSR count). The van der Waals surface area contributed by atoms with Gasteiger partial charge in [0.05, 0.1) is 16.4 Å². The van der Waals surface area contributed by atoms with E-state index in [0.717, 1.165) is 23.5 Å². The van der Waals surface area contributed by atoms with Crippen molar-refractivity contribution in [3.63, 3.8) is 0 Å². The monoisotopic (exact) mass is 309 g/mol. The third-order valence-electron chi connectivity index (χ3n) is 3.52. The highest BCUT2D eigenvalue weighted by Gasteiger charge is 2.25. The molecular formula is C16H21ClFN3. The van der Waals surface area contributed by atoms with Gasteiger partial charge in [0.2, 0.25) is 0 Å². The normalized spacial score (nSPS) is 14.2. The largest absolute Gasteiger partial charge is 0.325 e. The maximum absolute atomic E-state index is 13.3. The second-order valence-electron chi connectivity index (χ2n) is 5.80. The molecule has 21 heavy (non-hydrogen) atoms. The first-order valence-corrected chi connectivity index (χ1v) is 7.45. The lowest BCUT2D eigenvalue weighted by atomic mass is 9.89. The predicted molar refractivity (Wildman–Crippen MR) is 84.0 cm³/mol. The van der Waals surface area contributed by atoms with E-state index in [1.54, 1.807) is 6.07 Å². The topological polar surface area (TPSA) is 43.8 Å². The average molecular weight is 310 g/mol. The van der Waals surface area contributed by atoms with Crippen LogP contribution in [0, 0.1) is 12.7 Å². The molecule has 1 atom stereocenters. The molecule has 0 aliphatic heterocycles. The lowest BCUT2D eigenvalue weighted by Crippen LogP contribution is -2.41. The Morgan fingerprint density at radius 1 is 1.38 bits per heavy atom. The van der Waals surface area contributed by atoms with Crippen molar-refractivity contribution in [3.05, 3.63) is 52.1 Å². The maximum Gasteiger partial charge on any atom is 0.123 e. The molecule has 1 aromatic heterocycles. The van der Waals surface area contributed by atoms with Crippen LogP contribution in [0.5, 0.6) is 0 Å². The second-order valence-corrected chi connectivity index (χ2v) is 6.18. The summed E-state index contributed by atoms with van der Waals surface area (Å²) in [5.41, 5.74) is 8.54. The van der Waals surface area contributed by atoms with E-state index in [-0.39, 0.29) is 5.82 Å². The highest BCUT2D eigenvalue weighted by molar-refractivity contribution is 6.31. The fourth-order valence-electron chi connectivity index (χ4n) is 2.60. The van der Waals surface area contributed by atoms with Crippen LogP contribution in [0.25, 0.3) is 0 Å². The van der Waals surface area contributed by atoms with Crippen molar-refractivity contribution >= 4 is 11.6 Å². The summed E-state index contributed by atoms with van der Waals surface area (Å²) in [6.07, 6.45) is 1.17. The summed E-state index contributed by atoms with van der Waals surface area (Å²) >= 11 is 6.33. The summed E-state index contributed by atoms with van der Waals surface area (Å²) in [5.74, 6) is -0.240. The number of aryl methyl sites for hydroxylation is 2. The van der Waals surface area contributed by atoms with Crippen LogP contribution in [0.2, 0.25) is 5.02 Å². The van der Waals surface area contributed by atoms with Crippen LogP contribution in [0.4, 0.5) is 4.39 Å². The third-order valence-corrected chi connectivity index (χ3v) is 4.01. The molecular weight excluding hydrogens is 289 g/mol. The first-order chi connectivity index (χ1) is 9.82. The number of hydrogen-bond donors (Lipinski definition) is 1. The van der Waals surface area contributed by atoms with Gasteiger partial charge in [0.1, 0.15) is 5.82 Å². The Morgan fingerprint density at radius 2 is 2.10 bits per heavy atom. The van der Waals surface area contributed by atoms with Crippen LogP contribution < -0.4 is 5.73 Å². The number of halogens is 2. The van der Waals surface area contributed by atoms with E-state index >= 15 is 0 Å². The zero-order chi connectivity index (χ0) is 15.6. The Morgan fingerprint density at radius 3 is 2.71 bits per heavy atom. The van der Waals surface area contributed by atoms with Gasteiger partial charge in [-0.15, -0.1) is 0 Å². The van der Waals surface area contributed by atoms with Gasteiger partial charge < -0.3 is 5.73 Å². The molecule has 3 nitrogen and oxygen atoms in total. The third kappa shape index (κ3) is 3.83. The maximum atomic E-state index is 13.3. The first-order valence-electron chi connectivity index (χ1n) is 7.07. The van der Waals surface area contributed by atoms with Crippen molar-refractivity contribution in [1.82, 2.24) is 9.78 Å². The first kappa shape index (κ1) is 16.0. The molecule has 2 aromatic rings. The molecule has 1 unspecified atom stereocenters. The lowest BCUT2D eigenvalue weighted by Gasteiger charge is -2.25. The van der Waals surface area contributed by atoms with Crippen molar-refractivity contribution in [2.75, 3.05) is 0 Å². The molecule has 2 N–H and O–H groups in total. The highest BCUT2D eigenvalue weighted by Crippen LogP contribution is 2.25. The number of rotatable bonds is 5. The van der Waals surface area contributed by atoms with Gasteiger partial charge in [-0.3, -0.25) is 4.68 Å². The number of hydrogen-bond acceptors (Lipinski definition) is 2. The highest BCUT2D eigenvalue weighted by atomic mass is 35.5. The molecule has 0 bridgehead atoms. The van der Waals surface area contributed by atoms with Crippen molar-refractivity contribution in [1.29, 1.82) is 0 Å². The van der Waals surface area contributed by atoms with Crippen LogP contribution >= 0.6 is 11.6 Å². The quantitative estimate of drug-likeness (QED) is 0.918. The molecule has 0 saturated heterocycles. The molecule has 0 radical (unpaired) electrons. The number of nitrogens with zero attached hydrogens (tertiary/aromatic N) is 2. The summed E-state index contributed by atoms with van der Waals surface area (Å²) in [4.78, 5) is 0. The van der Waals surface area contributed by atoms with E-state index in [0.29, 0.717) is 17.9 Å². The van der Waals surface area contributed by atoms with Gasteiger partial charge in [-0.1, -0.05) is 23.7 Å². The van der Waals surface area contributed by atoms with Crippen molar-refractivity contribution < 1.29 is 4.39 Å². The van der Waals surface area contributed by atoms with Crippen LogP contribution in [0.1, 0.15) is 30.8 Å². The van der Waals surface area contributed by atoms with E-state index < -0.39 is 5.54 Å². The fraction of sp³-hybridized carbons (Fsp3) is 0.438. The van der Waals surface area contributed by atoms with E-state index in [1.807, 2.05) is 31.5 Å². The molecule has 114 valence electrons. The Balaban J connectivity index is 2.21. The fourth-order valence-corrected chi connectivity index (χ4v) is 2.80. The van der Waals surface area contributed by atoms with Gasteiger partial charge in [-0.25, -0.2) is 4.39 Å². The summed E-state index contributed by atoms with van der Waals surface area (Å²) < 4.78 is 15.2. The van der Waals surface area contributed by atoms with Gasteiger partial charge in [-0.05, 0) is 44.9 Å². The SMILES string of the molecule is CCn1nc(C)c(Cl)c1CC(C)(N)Cc1cccc(F)c1. The van der Waals surface area contributed by atoms with E-state index in [1.165, 1.54) is 12.1 Å². The van der Waals surface area contributed by atoms with Gasteiger partial charge in [0, 0.05) is 18.5 Å². The predicted octanol–water partition coefficient (Wildman–Crippen LogP) is 3.51. The molecule has 0 fully saturated rings. The molecule has 1 aromatic carbocycles. The molecule has 5 heteroatoms.